The molecule has 1 heterocycles. The summed E-state index contributed by atoms with van der Waals surface area (Å²) in [4.78, 5) is 19.4. The number of carbonyl (C=O) groups is 1. The van der Waals surface area contributed by atoms with Crippen LogP contribution in [-0.2, 0) is 10.2 Å². The third-order valence-electron chi connectivity index (χ3n) is 2.87. The predicted octanol–water partition coefficient (Wildman–Crippen LogP) is 1.87. The minimum atomic E-state index is -1.15. The van der Waals surface area contributed by atoms with Crippen molar-refractivity contribution in [2.24, 2.45) is 0 Å². The molecule has 0 fully saturated rings. The molecular formula is C13H12N2O2. The van der Waals surface area contributed by atoms with Crippen LogP contribution >= 0.6 is 0 Å². The van der Waals surface area contributed by atoms with Crippen molar-refractivity contribution in [2.45, 2.75) is 12.3 Å². The highest BCUT2D eigenvalue weighted by molar-refractivity contribution is 5.84. The molecule has 1 atom stereocenters. The Balaban J connectivity index is 2.59. The molecular weight excluding hydrogens is 216 g/mol. The number of carboxylic acids is 1. The second-order valence-corrected chi connectivity index (χ2v) is 3.89. The summed E-state index contributed by atoms with van der Waals surface area (Å²) in [7, 11) is 0. The zero-order valence-electron chi connectivity index (χ0n) is 9.37. The standard InChI is InChI=1S/C13H12N2O2/c1-13(12(16)17,10-5-3-2-4-6-10)11-7-8-14-9-15-11/h2-9H,1H3,(H,16,17). The van der Waals surface area contributed by atoms with Gasteiger partial charge in [-0.1, -0.05) is 30.3 Å². The van der Waals surface area contributed by atoms with Crippen molar-refractivity contribution >= 4 is 5.97 Å². The molecule has 0 bridgehead atoms. The molecule has 0 spiro atoms. The van der Waals surface area contributed by atoms with Crippen LogP contribution in [-0.4, -0.2) is 21.0 Å². The summed E-state index contributed by atoms with van der Waals surface area (Å²) in [6.07, 6.45) is 2.91. The van der Waals surface area contributed by atoms with Gasteiger partial charge in [-0.2, -0.15) is 0 Å². The Labute approximate surface area is 99.0 Å². The van der Waals surface area contributed by atoms with Crippen LogP contribution in [0.3, 0.4) is 0 Å². The van der Waals surface area contributed by atoms with Crippen molar-refractivity contribution in [3.05, 3.63) is 60.2 Å². The molecule has 0 radical (unpaired) electrons. The van der Waals surface area contributed by atoms with E-state index in [1.165, 1.54) is 6.33 Å². The third kappa shape index (κ3) is 1.89. The lowest BCUT2D eigenvalue weighted by molar-refractivity contribution is -0.141. The fourth-order valence-corrected chi connectivity index (χ4v) is 1.74. The van der Waals surface area contributed by atoms with Crippen molar-refractivity contribution in [3.63, 3.8) is 0 Å². The Morgan fingerprint density at radius 1 is 1.24 bits per heavy atom. The molecule has 4 heteroatoms. The highest BCUT2D eigenvalue weighted by atomic mass is 16.4. The topological polar surface area (TPSA) is 63.1 Å². The maximum absolute atomic E-state index is 11.6. The Kier molecular flexibility index (Phi) is 2.87. The van der Waals surface area contributed by atoms with Gasteiger partial charge in [0.2, 0.25) is 0 Å². The van der Waals surface area contributed by atoms with Crippen LogP contribution in [0.4, 0.5) is 0 Å². The first-order chi connectivity index (χ1) is 8.15. The molecule has 0 amide bonds. The van der Waals surface area contributed by atoms with Crippen molar-refractivity contribution in [1.29, 1.82) is 0 Å². The van der Waals surface area contributed by atoms with E-state index in [-0.39, 0.29) is 0 Å². The summed E-state index contributed by atoms with van der Waals surface area (Å²) in [5.41, 5.74) is 0.0295. The zero-order valence-corrected chi connectivity index (χ0v) is 9.37. The monoisotopic (exact) mass is 228 g/mol. The van der Waals surface area contributed by atoms with Gasteiger partial charge in [0.25, 0.3) is 0 Å². The average Bonchev–Trinajstić information content (AvgIpc) is 2.39. The van der Waals surface area contributed by atoms with Gasteiger partial charge >= 0.3 is 5.97 Å². The highest BCUT2D eigenvalue weighted by Gasteiger charge is 2.38. The Morgan fingerprint density at radius 2 is 1.94 bits per heavy atom. The second-order valence-electron chi connectivity index (χ2n) is 3.89. The van der Waals surface area contributed by atoms with E-state index in [2.05, 4.69) is 9.97 Å². The lowest BCUT2D eigenvalue weighted by Gasteiger charge is -2.24. The molecule has 0 saturated heterocycles. The van der Waals surface area contributed by atoms with Gasteiger partial charge < -0.3 is 5.11 Å². The first kappa shape index (κ1) is 11.3. The molecule has 17 heavy (non-hydrogen) atoms. The molecule has 1 aromatic carbocycles. The van der Waals surface area contributed by atoms with E-state index in [0.717, 1.165) is 0 Å². The van der Waals surface area contributed by atoms with Crippen molar-refractivity contribution in [3.8, 4) is 0 Å². The smallest absolute Gasteiger partial charge is 0.319 e. The quantitative estimate of drug-likeness (QED) is 0.871. The largest absolute Gasteiger partial charge is 0.480 e. The Hall–Kier alpha value is -2.23. The number of aliphatic carboxylic acids is 1. The van der Waals surface area contributed by atoms with E-state index in [0.29, 0.717) is 11.3 Å². The fraction of sp³-hybridized carbons (Fsp3) is 0.154. The van der Waals surface area contributed by atoms with E-state index in [4.69, 9.17) is 0 Å². The third-order valence-corrected chi connectivity index (χ3v) is 2.87. The molecule has 0 aliphatic carbocycles. The van der Waals surface area contributed by atoms with Gasteiger partial charge in [0.15, 0.2) is 0 Å². The number of nitrogens with zero attached hydrogens (tertiary/aromatic N) is 2. The molecule has 2 rings (SSSR count). The van der Waals surface area contributed by atoms with Gasteiger partial charge in [0.1, 0.15) is 11.7 Å². The summed E-state index contributed by atoms with van der Waals surface area (Å²) in [5, 5.41) is 9.48. The van der Waals surface area contributed by atoms with Crippen LogP contribution < -0.4 is 0 Å². The minimum absolute atomic E-state index is 0.478. The van der Waals surface area contributed by atoms with Gasteiger partial charge in [-0.3, -0.25) is 4.79 Å². The zero-order chi connectivity index (χ0) is 12.3. The van der Waals surface area contributed by atoms with E-state index >= 15 is 0 Å². The van der Waals surface area contributed by atoms with Crippen LogP contribution in [0.5, 0.6) is 0 Å². The maximum Gasteiger partial charge on any atom is 0.319 e. The van der Waals surface area contributed by atoms with Gasteiger partial charge in [0, 0.05) is 6.20 Å². The van der Waals surface area contributed by atoms with Crippen LogP contribution in [0.1, 0.15) is 18.2 Å². The molecule has 86 valence electrons. The van der Waals surface area contributed by atoms with Gasteiger partial charge in [-0.05, 0) is 18.6 Å². The van der Waals surface area contributed by atoms with Gasteiger partial charge in [-0.25, -0.2) is 9.97 Å². The fourth-order valence-electron chi connectivity index (χ4n) is 1.74. The summed E-state index contributed by atoms with van der Waals surface area (Å²) in [5.74, 6) is -0.928. The predicted molar refractivity (Wildman–Crippen MR) is 62.6 cm³/mol. The van der Waals surface area contributed by atoms with Crippen LogP contribution in [0.25, 0.3) is 0 Å². The molecule has 4 nitrogen and oxygen atoms in total. The van der Waals surface area contributed by atoms with Crippen LogP contribution in [0.15, 0.2) is 48.9 Å². The average molecular weight is 228 g/mol. The van der Waals surface area contributed by atoms with Crippen LogP contribution in [0.2, 0.25) is 0 Å². The number of aromatic nitrogens is 2. The van der Waals surface area contributed by atoms with Crippen molar-refractivity contribution < 1.29 is 9.90 Å². The number of benzene rings is 1. The number of carboxylic acid groups (broad SMARTS) is 1. The number of hydrogen-bond acceptors (Lipinski definition) is 3. The summed E-state index contributed by atoms with van der Waals surface area (Å²) in [6, 6.07) is 10.7. The first-order valence-electron chi connectivity index (χ1n) is 5.21. The summed E-state index contributed by atoms with van der Waals surface area (Å²) in [6.45, 7) is 1.65. The SMILES string of the molecule is CC(C(=O)O)(c1ccccc1)c1ccncn1. The molecule has 1 N–H and O–H groups in total. The molecule has 1 aromatic heterocycles. The maximum atomic E-state index is 11.6. The second kappa shape index (κ2) is 4.33. The molecule has 0 aliphatic rings. The first-order valence-corrected chi connectivity index (χ1v) is 5.21. The molecule has 2 aromatic rings. The summed E-state index contributed by atoms with van der Waals surface area (Å²) < 4.78 is 0. The molecule has 0 aliphatic heterocycles. The molecule has 1 unspecified atom stereocenters. The van der Waals surface area contributed by atoms with E-state index in [1.54, 1.807) is 31.3 Å². The Bertz CT molecular complexity index is 472. The van der Waals surface area contributed by atoms with E-state index in [9.17, 15) is 9.90 Å². The lowest BCUT2D eigenvalue weighted by Crippen LogP contribution is -2.34. The molecule has 0 saturated carbocycles. The minimum Gasteiger partial charge on any atom is -0.480 e. The summed E-state index contributed by atoms with van der Waals surface area (Å²) >= 11 is 0. The van der Waals surface area contributed by atoms with E-state index < -0.39 is 11.4 Å². The van der Waals surface area contributed by atoms with Crippen molar-refractivity contribution in [2.75, 3.05) is 0 Å². The van der Waals surface area contributed by atoms with Crippen LogP contribution in [0, 0.1) is 0 Å². The number of hydrogen-bond donors (Lipinski definition) is 1. The lowest BCUT2D eigenvalue weighted by atomic mass is 9.79. The van der Waals surface area contributed by atoms with Gasteiger partial charge in [0.05, 0.1) is 5.69 Å². The highest BCUT2D eigenvalue weighted by Crippen LogP contribution is 2.30. The van der Waals surface area contributed by atoms with E-state index in [1.807, 2.05) is 18.2 Å². The Morgan fingerprint density at radius 3 is 2.47 bits per heavy atom. The van der Waals surface area contributed by atoms with Gasteiger partial charge in [-0.15, -0.1) is 0 Å². The number of rotatable bonds is 3. The normalized spacial score (nSPS) is 13.9. The van der Waals surface area contributed by atoms with Crippen molar-refractivity contribution in [1.82, 2.24) is 9.97 Å².